The normalized spacial score (nSPS) is 27.0. The van der Waals surface area contributed by atoms with E-state index in [1.54, 1.807) is 53.7 Å². The van der Waals surface area contributed by atoms with Crippen LogP contribution in [0.5, 0.6) is 0 Å². The number of alkyl carbamates (subject to hydrolysis) is 2. The van der Waals surface area contributed by atoms with Crippen molar-refractivity contribution in [2.45, 2.75) is 214 Å². The van der Waals surface area contributed by atoms with Crippen LogP contribution in [0.1, 0.15) is 185 Å². The van der Waals surface area contributed by atoms with Crippen LogP contribution in [-0.2, 0) is 29.0 Å². The molecule has 14 heteroatoms. The molecule has 0 spiro atoms. The fourth-order valence-corrected chi connectivity index (χ4v) is 14.6. The predicted molar refractivity (Wildman–Crippen MR) is 268 cm³/mol. The summed E-state index contributed by atoms with van der Waals surface area (Å²) in [6, 6.07) is 4.83. The zero-order valence-corrected chi connectivity index (χ0v) is 44.6. The second kappa shape index (κ2) is 23.8. The number of hydrogen-bond acceptors (Lipinski definition) is 9. The number of nitrogens with one attached hydrogen (secondary N) is 2. The zero-order chi connectivity index (χ0) is 50.1. The monoisotopic (exact) mass is 971 g/mol. The third-order valence-corrected chi connectivity index (χ3v) is 18.1. The molecule has 0 unspecified atom stereocenters. The van der Waals surface area contributed by atoms with Gasteiger partial charge in [0.2, 0.25) is 10.0 Å². The van der Waals surface area contributed by atoms with Crippen LogP contribution in [0.15, 0.2) is 40.8 Å². The molecule has 3 fully saturated rings. The first-order chi connectivity index (χ1) is 31.9. The van der Waals surface area contributed by atoms with Gasteiger partial charge in [-0.2, -0.15) is 4.31 Å². The summed E-state index contributed by atoms with van der Waals surface area (Å²) in [6.07, 6.45) is 16.2. The van der Waals surface area contributed by atoms with Crippen molar-refractivity contribution in [3.05, 3.63) is 41.1 Å². The van der Waals surface area contributed by atoms with Crippen molar-refractivity contribution in [3.8, 4) is 0 Å². The van der Waals surface area contributed by atoms with Crippen LogP contribution in [0.25, 0.3) is 0 Å². The minimum Gasteiger partial charge on any atom is -0.630 e. The van der Waals surface area contributed by atoms with Gasteiger partial charge >= 0.3 is 18.2 Å². The van der Waals surface area contributed by atoms with Crippen molar-refractivity contribution < 1.29 is 42.5 Å². The van der Waals surface area contributed by atoms with Crippen LogP contribution in [0.4, 0.5) is 15.3 Å². The molecular formula is C54H90N4O9S. The number of quaternary nitrogens is 1. The Bertz CT molecular complexity index is 1980. The molecule has 0 aliphatic heterocycles. The third kappa shape index (κ3) is 14.5. The molecule has 5 rings (SSSR count). The highest BCUT2D eigenvalue weighted by Gasteiger charge is 2.59. The van der Waals surface area contributed by atoms with E-state index in [4.69, 9.17) is 14.2 Å². The number of unbranched alkanes of at least 4 members (excludes halogenated alkanes) is 3. The van der Waals surface area contributed by atoms with Gasteiger partial charge in [-0.3, -0.25) is 4.79 Å². The number of carbonyl (C=O) groups excluding carboxylic acids is 3. The molecule has 0 saturated heterocycles. The van der Waals surface area contributed by atoms with Gasteiger partial charge < -0.3 is 35.5 Å². The Morgan fingerprint density at radius 3 is 2.10 bits per heavy atom. The minimum atomic E-state index is -4.40. The number of hydrogen-bond donors (Lipinski definition) is 3. The number of amides is 2. The molecule has 386 valence electrons. The summed E-state index contributed by atoms with van der Waals surface area (Å²) in [5, 5.41) is 17.8. The number of fused-ring (bicyclic) bond motifs is 5. The molecule has 4 N–H and O–H groups in total. The van der Waals surface area contributed by atoms with Gasteiger partial charge in [0.25, 0.3) is 0 Å². The Morgan fingerprint density at radius 1 is 0.809 bits per heavy atom. The summed E-state index contributed by atoms with van der Waals surface area (Å²) in [5.74, 6) is 3.69. The highest BCUT2D eigenvalue weighted by molar-refractivity contribution is 7.89. The number of ether oxygens (including phenoxy) is 3. The van der Waals surface area contributed by atoms with E-state index >= 15 is 0 Å². The molecule has 0 heterocycles. The van der Waals surface area contributed by atoms with E-state index in [1.165, 1.54) is 67.0 Å². The van der Waals surface area contributed by atoms with E-state index < -0.39 is 51.5 Å². The van der Waals surface area contributed by atoms with E-state index in [1.807, 2.05) is 0 Å². The average molecular weight is 971 g/mol. The first-order valence-corrected chi connectivity index (χ1v) is 27.7. The molecule has 0 aromatic heterocycles. The number of rotatable bonds is 22. The lowest BCUT2D eigenvalue weighted by molar-refractivity contribution is -0.499. The van der Waals surface area contributed by atoms with E-state index in [0.29, 0.717) is 67.8 Å². The molecule has 13 nitrogen and oxygen atoms in total. The van der Waals surface area contributed by atoms with E-state index in [2.05, 4.69) is 51.3 Å². The van der Waals surface area contributed by atoms with Gasteiger partial charge in [0.05, 0.1) is 0 Å². The Balaban J connectivity index is 1.32. The van der Waals surface area contributed by atoms with Crippen LogP contribution in [0.2, 0.25) is 0 Å². The summed E-state index contributed by atoms with van der Waals surface area (Å²) < 4.78 is 48.1. The predicted octanol–water partition coefficient (Wildman–Crippen LogP) is 11.1. The molecule has 1 aromatic carbocycles. The molecule has 68 heavy (non-hydrogen) atoms. The Kier molecular flexibility index (Phi) is 19.5. The third-order valence-electron chi connectivity index (χ3n) is 16.1. The second-order valence-corrected chi connectivity index (χ2v) is 25.7. The Hall–Kier alpha value is -3.20. The number of nitrogens with zero attached hydrogens (tertiary/aromatic N) is 1. The van der Waals surface area contributed by atoms with Crippen molar-refractivity contribution in [2.24, 2.45) is 46.3 Å². The lowest BCUT2D eigenvalue weighted by Crippen LogP contribution is -2.70. The summed E-state index contributed by atoms with van der Waals surface area (Å²) >= 11 is 0. The highest BCUT2D eigenvalue weighted by Crippen LogP contribution is 2.67. The molecule has 4 aliphatic rings. The van der Waals surface area contributed by atoms with Gasteiger partial charge in [-0.15, -0.1) is 0 Å². The summed E-state index contributed by atoms with van der Waals surface area (Å²) in [4.78, 5) is 39.4. The number of nitrogens with two attached hydrogens (primary N) is 1. The van der Waals surface area contributed by atoms with E-state index in [9.17, 15) is 28.0 Å². The Morgan fingerprint density at radius 2 is 1.46 bits per heavy atom. The minimum absolute atomic E-state index is 0.00288. The first kappa shape index (κ1) is 55.7. The summed E-state index contributed by atoms with van der Waals surface area (Å²) in [6.45, 7) is 23.6. The van der Waals surface area contributed by atoms with Crippen molar-refractivity contribution in [1.82, 2.24) is 14.9 Å². The van der Waals surface area contributed by atoms with Crippen LogP contribution in [-0.4, -0.2) is 73.9 Å². The molecule has 4 aliphatic carbocycles. The smallest absolute Gasteiger partial charge is 0.407 e. The van der Waals surface area contributed by atoms with E-state index in [0.717, 1.165) is 36.5 Å². The summed E-state index contributed by atoms with van der Waals surface area (Å²) in [7, 11) is -4.40. The maximum atomic E-state index is 14.8. The van der Waals surface area contributed by atoms with Crippen LogP contribution < -0.4 is 16.1 Å². The first-order valence-electron chi connectivity index (χ1n) is 26.3. The number of carbonyl (C=O) groups is 3. The standard InChI is InChI=1S/C54H90N4O9S/c1-37(2)20-18-21-38(3)42-27-28-43-41-26-25-39-36-40(29-31-53(39,10)44(41)30-32-54(42,43)11)65-48(59)46(23-19-34-56-50(61)67-52(7,8)9)58(68(63,64)47-24-15-14-22-45(47)57-62)35-17-13-12-16-33-55-49(60)66-51(4,5)6/h14-15,22,24-25,37-38,40-44,46H,12-13,16-21,23,26-36,57H2,1-11H3,(H,55,60)(H,56,61)/t38-,40+,41+,42-,43+,44+,46+,53+,54-/m1/s1. The average Bonchev–Trinajstić information content (AvgIpc) is 3.61. The molecule has 1 aromatic rings. The van der Waals surface area contributed by atoms with Gasteiger partial charge in [0, 0.05) is 32.1 Å². The van der Waals surface area contributed by atoms with Crippen LogP contribution in [0.3, 0.4) is 0 Å². The maximum absolute atomic E-state index is 14.8. The zero-order valence-electron chi connectivity index (χ0n) is 43.8. The highest BCUT2D eigenvalue weighted by atomic mass is 32.2. The van der Waals surface area contributed by atoms with Gasteiger partial charge in [-0.1, -0.05) is 90.5 Å². The van der Waals surface area contributed by atoms with Gasteiger partial charge in [-0.25, -0.2) is 18.0 Å². The fourth-order valence-electron chi connectivity index (χ4n) is 12.8. The van der Waals surface area contributed by atoms with E-state index in [-0.39, 0.29) is 41.9 Å². The summed E-state index contributed by atoms with van der Waals surface area (Å²) in [5.41, 5.74) is 1.03. The molecular weight excluding hydrogens is 881 g/mol. The number of allylic oxidation sites excluding steroid dienone is 1. The number of benzene rings is 1. The van der Waals surface area contributed by atoms with Crippen molar-refractivity contribution in [3.63, 3.8) is 0 Å². The quantitative estimate of drug-likeness (QED) is 0.0254. The second-order valence-electron chi connectivity index (χ2n) is 23.8. The topological polar surface area (TPSA) is 180 Å². The van der Waals surface area contributed by atoms with Gasteiger partial charge in [0.1, 0.15) is 33.9 Å². The molecule has 9 atom stereocenters. The lowest BCUT2D eigenvalue weighted by atomic mass is 9.47. The Labute approximate surface area is 410 Å². The fraction of sp³-hybridized carbons (Fsp3) is 0.796. The van der Waals surface area contributed by atoms with Crippen LogP contribution >= 0.6 is 0 Å². The van der Waals surface area contributed by atoms with Crippen LogP contribution in [0, 0.1) is 51.5 Å². The molecule has 3 saturated carbocycles. The molecule has 0 radical (unpaired) electrons. The van der Waals surface area contributed by atoms with Crippen molar-refractivity contribution >= 4 is 33.9 Å². The SMILES string of the molecule is CC(C)CCC[C@@H](C)[C@H]1CC[C@H]2[C@@H]3CC=C4C[C@@H](OC(=O)[C@H](CCCNC(=O)OC(C)(C)C)N(CCCCCCNC(=O)OC(C)(C)C)S(=O)(=O)c5ccccc5[NH2+][O-])CC[C@]4(C)[C@H]3CC[C@]12C. The van der Waals surface area contributed by atoms with Crippen molar-refractivity contribution in [1.29, 1.82) is 0 Å². The van der Waals surface area contributed by atoms with Crippen molar-refractivity contribution in [2.75, 3.05) is 19.6 Å². The number of esters is 1. The van der Waals surface area contributed by atoms with Gasteiger partial charge in [-0.05, 0) is 165 Å². The largest absolute Gasteiger partial charge is 0.630 e. The lowest BCUT2D eigenvalue weighted by Gasteiger charge is -2.58. The van der Waals surface area contributed by atoms with Gasteiger partial charge in [0.15, 0.2) is 0 Å². The molecule has 0 bridgehead atoms. The maximum Gasteiger partial charge on any atom is 0.407 e. The number of sulfonamides is 1. The molecule has 2 amide bonds.